The van der Waals surface area contributed by atoms with Gasteiger partial charge in [0.15, 0.2) is 29.1 Å². The van der Waals surface area contributed by atoms with Crippen molar-refractivity contribution in [2.45, 2.75) is 81.3 Å². The van der Waals surface area contributed by atoms with Gasteiger partial charge in [-0.2, -0.15) is 9.97 Å². The molecule has 1 atom stereocenters. The van der Waals surface area contributed by atoms with Gasteiger partial charge in [0.1, 0.15) is 5.60 Å². The Morgan fingerprint density at radius 3 is 0.922 bits per heavy atom. The normalized spacial score (nSPS) is 17.0. The van der Waals surface area contributed by atoms with Crippen LogP contribution in [0.2, 0.25) is 5.28 Å². The second kappa shape index (κ2) is 24.6. The standard InChI is InChI=1S/C43H31N3.C34H32BO2.C15H10ClN3.H2/c1-42(2)34-21-11-13-23-36(34)43(37-24-14-12-22-35(37)42)33-20-10-9-19-31(33)32-26-25-30(27-38(32)43)41-45-39(28-15-5-3-6-16-28)44-40(46-41)29-17-7-4-8-18-29;1-31(2)26-15-9-11-17-28(26)34(29-18-12-10-16-27(29)31)25-14-8-7-13-23(25)24-20-19-22(21-30(24)34)35-36-32(3,4)33(5,6)37-35;16-15-18-13(11-7-3-1-4-8-11)17-14(19-15)12-9-5-2-6-10-12;/h3-27H,1-2H3;7-21H,3H2,1-2,4-6H3;1-10H;1H/q;+1;;/i;;;1+1. The van der Waals surface area contributed by atoms with E-state index in [4.69, 9.17) is 35.9 Å². The zero-order valence-electron chi connectivity index (χ0n) is 58.0. The van der Waals surface area contributed by atoms with E-state index in [9.17, 15) is 0 Å². The van der Waals surface area contributed by atoms with Crippen LogP contribution in [-0.2, 0) is 31.0 Å². The molecule has 0 bridgehead atoms. The van der Waals surface area contributed by atoms with Crippen LogP contribution in [0.15, 0.2) is 303 Å². The Hall–Kier alpha value is -11.2. The fraction of sp³-hybridized carbons (Fsp3) is 0.141. The molecule has 8 nitrogen and oxygen atoms in total. The number of halogens is 1. The molecule has 102 heavy (non-hydrogen) atoms. The van der Waals surface area contributed by atoms with Gasteiger partial charge in [-0.05, 0) is 126 Å². The van der Waals surface area contributed by atoms with Crippen molar-refractivity contribution >= 4 is 24.2 Å². The van der Waals surface area contributed by atoms with Gasteiger partial charge in [-0.1, -0.05) is 325 Å². The number of aromatic nitrogens is 6. The van der Waals surface area contributed by atoms with E-state index in [0.717, 1.165) is 33.3 Å². The van der Waals surface area contributed by atoms with Crippen LogP contribution in [0.1, 0.15) is 117 Å². The van der Waals surface area contributed by atoms with Crippen LogP contribution in [0.25, 0.3) is 79.2 Å². The molecule has 4 aliphatic carbocycles. The Balaban J connectivity index is 0.000000128. The molecule has 14 aromatic rings. The van der Waals surface area contributed by atoms with Crippen LogP contribution >= 0.6 is 11.6 Å². The second-order valence-corrected chi connectivity index (χ2v) is 29.3. The number of hydrogen-bond donors (Lipinski definition) is 0. The summed E-state index contributed by atoms with van der Waals surface area (Å²) < 4.78 is 12.9. The molecule has 19 rings (SSSR count). The van der Waals surface area contributed by atoms with Crippen LogP contribution < -0.4 is 5.46 Å². The lowest BCUT2D eigenvalue weighted by molar-refractivity contribution is 0.0262. The summed E-state index contributed by atoms with van der Waals surface area (Å²) in [5.41, 5.74) is 24.7. The Morgan fingerprint density at radius 1 is 0.284 bits per heavy atom. The highest BCUT2D eigenvalue weighted by atomic mass is 35.5. The molecule has 5 aliphatic rings. The van der Waals surface area contributed by atoms with Gasteiger partial charge in [0.05, 0.1) is 17.8 Å². The quantitative estimate of drug-likeness (QED) is 0.120. The van der Waals surface area contributed by atoms with Gasteiger partial charge >= 0.3 is 7.12 Å². The van der Waals surface area contributed by atoms with Crippen molar-refractivity contribution in [1.82, 2.24) is 29.9 Å². The number of fused-ring (bicyclic) bond motifs is 18. The Labute approximate surface area is 603 Å². The van der Waals surface area contributed by atoms with Gasteiger partial charge in [0.2, 0.25) is 10.9 Å². The first kappa shape index (κ1) is 64.2. The summed E-state index contributed by atoms with van der Waals surface area (Å²) in [5.74, 6) is 3.16. The molecule has 1 saturated heterocycles. The largest absolute Gasteiger partial charge is 0.498 e. The molecule has 0 N–H and O–H groups in total. The maximum absolute atomic E-state index is 6.45. The lowest BCUT2D eigenvalue weighted by Gasteiger charge is -2.46. The molecule has 2 aromatic heterocycles. The molecule has 0 saturated carbocycles. The zero-order valence-corrected chi connectivity index (χ0v) is 58.8. The van der Waals surface area contributed by atoms with Gasteiger partial charge in [0, 0.05) is 47.0 Å². The number of rotatable bonds is 6. The summed E-state index contributed by atoms with van der Waals surface area (Å²) in [6, 6.07) is 107. The van der Waals surface area contributed by atoms with Crippen LogP contribution in [0.4, 0.5) is 0 Å². The fourth-order valence-electron chi connectivity index (χ4n) is 16.7. The van der Waals surface area contributed by atoms with Crippen LogP contribution in [0.5, 0.6) is 0 Å². The van der Waals surface area contributed by atoms with Crippen molar-refractivity contribution in [3.8, 4) is 79.2 Å². The van der Waals surface area contributed by atoms with Crippen LogP contribution in [0.3, 0.4) is 0 Å². The third-order valence-electron chi connectivity index (χ3n) is 22.1. The highest BCUT2D eigenvalue weighted by Gasteiger charge is 2.59. The molecule has 3 heterocycles. The summed E-state index contributed by atoms with van der Waals surface area (Å²) in [5, 5.41) is 0.202. The molecular weight excluding hydrogens is 1270 g/mol. The topological polar surface area (TPSA) is 95.8 Å². The number of hydrogen-bond acceptors (Lipinski definition) is 8. The predicted octanol–water partition coefficient (Wildman–Crippen LogP) is 20.8. The first-order chi connectivity index (χ1) is 49.5. The zero-order chi connectivity index (χ0) is 69.8. The fourth-order valence-corrected chi connectivity index (χ4v) is 16.8. The molecular formula is C92H75BClN6O2+. The smallest absolute Gasteiger partial charge is 0.395 e. The first-order valence-corrected chi connectivity index (χ1v) is 35.4. The van der Waals surface area contributed by atoms with E-state index in [1.165, 1.54) is 89.0 Å². The van der Waals surface area contributed by atoms with Crippen LogP contribution in [0, 0.1) is 6.92 Å². The Kier molecular flexibility index (Phi) is 15.5. The van der Waals surface area contributed by atoms with Crippen molar-refractivity contribution in [2.24, 2.45) is 0 Å². The predicted molar refractivity (Wildman–Crippen MR) is 415 cm³/mol. The Morgan fingerprint density at radius 2 is 0.569 bits per heavy atom. The van der Waals surface area contributed by atoms with Crippen molar-refractivity contribution < 1.29 is 10.7 Å². The molecule has 0 radical (unpaired) electrons. The van der Waals surface area contributed by atoms with Gasteiger partial charge in [-0.25, -0.2) is 19.9 Å². The minimum absolute atomic E-state index is 0. The molecule has 494 valence electrons. The summed E-state index contributed by atoms with van der Waals surface area (Å²) in [4.78, 5) is 27.9. The summed E-state index contributed by atoms with van der Waals surface area (Å²) in [6.45, 7) is 19.9. The third kappa shape index (κ3) is 10.1. The van der Waals surface area contributed by atoms with E-state index in [1.807, 2.05) is 104 Å². The van der Waals surface area contributed by atoms with E-state index >= 15 is 0 Å². The monoisotopic (exact) mass is 1340 g/mol. The lowest BCUT2D eigenvalue weighted by Crippen LogP contribution is -2.42. The van der Waals surface area contributed by atoms with Crippen molar-refractivity contribution in [3.05, 3.63) is 382 Å². The highest BCUT2D eigenvalue weighted by Crippen LogP contribution is 2.64. The molecule has 1 fully saturated rings. The number of nitrogens with zero attached hydrogens (tertiary/aromatic N) is 6. The maximum atomic E-state index is 6.45. The minimum atomic E-state index is -0.634. The van der Waals surface area contributed by atoms with Crippen LogP contribution in [-0.4, -0.2) is 48.2 Å². The number of benzene rings is 12. The van der Waals surface area contributed by atoms with Crippen molar-refractivity contribution in [3.63, 3.8) is 0 Å². The second-order valence-electron chi connectivity index (χ2n) is 28.9. The van der Waals surface area contributed by atoms with Gasteiger partial charge in [-0.3, -0.25) is 0 Å². The summed E-state index contributed by atoms with van der Waals surface area (Å²) in [6.07, 6.45) is 0. The molecule has 10 heteroatoms. The summed E-state index contributed by atoms with van der Waals surface area (Å²) in [7, 11) is -0.464. The van der Waals surface area contributed by atoms with Gasteiger partial charge < -0.3 is 9.31 Å². The average Bonchev–Trinajstić information content (AvgIpc) is 1.57. The molecule has 1 aliphatic heterocycles. The summed E-state index contributed by atoms with van der Waals surface area (Å²) >= 11 is 5.99. The van der Waals surface area contributed by atoms with Gasteiger partial charge in [-0.15, -0.1) is 0 Å². The van der Waals surface area contributed by atoms with E-state index in [-0.39, 0.29) is 17.5 Å². The van der Waals surface area contributed by atoms with E-state index < -0.39 is 29.2 Å². The SMILES string of the molecule is CC1(C)c2ccccc2C2(c3ccccc3-c3ccc(-c4nc(-c5ccccc5)nc(-c5ccccc5)n4)cc32)c2ccccc21.Clc1nc(-c2ccccc2)nc(-c2ccccc2)n1.[2HH].[CH2+]C1(C)OB(c2ccc3c(c2)C2(c4ccccc4-3)c3ccccc3C(C)(C)c3ccccc32)OC1(C)C. The molecule has 0 amide bonds. The first-order valence-electron chi connectivity index (χ1n) is 35.0. The van der Waals surface area contributed by atoms with Crippen molar-refractivity contribution in [1.29, 1.82) is 0 Å². The Bertz CT molecular complexity index is 5360. The molecule has 2 spiro atoms. The maximum Gasteiger partial charge on any atom is 0.498 e. The highest BCUT2D eigenvalue weighted by molar-refractivity contribution is 6.62. The average molecular weight is 1340 g/mol. The van der Waals surface area contributed by atoms with E-state index in [2.05, 4.69) is 270 Å². The molecule has 12 aromatic carbocycles. The van der Waals surface area contributed by atoms with E-state index in [1.54, 1.807) is 0 Å². The molecule has 1 unspecified atom stereocenters. The van der Waals surface area contributed by atoms with Crippen molar-refractivity contribution in [2.75, 3.05) is 0 Å². The van der Waals surface area contributed by atoms with E-state index in [0.29, 0.717) is 29.1 Å². The third-order valence-corrected chi connectivity index (χ3v) is 22.2. The van der Waals surface area contributed by atoms with Gasteiger partial charge in [0.25, 0.3) is 0 Å². The lowest BCUT2D eigenvalue weighted by atomic mass is 9.55. The minimum Gasteiger partial charge on any atom is -0.395 e.